The molecular weight excluding hydrogens is 215 g/mol. The zero-order valence-electron chi connectivity index (χ0n) is 10.4. The number of hydrogen-bond donors (Lipinski definition) is 0. The second-order valence-electron chi connectivity index (χ2n) is 5.10. The second-order valence-corrected chi connectivity index (χ2v) is 9.59. The highest BCUT2D eigenvalue weighted by Crippen LogP contribution is 2.22. The Bertz CT molecular complexity index is 345. The summed E-state index contributed by atoms with van der Waals surface area (Å²) in [6.07, 6.45) is 0.418. The van der Waals surface area contributed by atoms with Gasteiger partial charge in [0.1, 0.15) is 7.94 Å². The fourth-order valence-electron chi connectivity index (χ4n) is 1.99. The van der Waals surface area contributed by atoms with Crippen LogP contribution in [0.4, 0.5) is 0 Å². The van der Waals surface area contributed by atoms with E-state index in [-0.39, 0.29) is 18.9 Å². The number of benzene rings is 1. The summed E-state index contributed by atoms with van der Waals surface area (Å²) in [5, 5.41) is 1.39. The van der Waals surface area contributed by atoms with Crippen molar-refractivity contribution in [3.63, 3.8) is 0 Å². The Labute approximate surface area is 99.1 Å². The second kappa shape index (κ2) is 4.36. The Morgan fingerprint density at radius 1 is 1.00 bits per heavy atom. The molecular formula is C12H19BO2Si. The van der Waals surface area contributed by atoms with Gasteiger partial charge < -0.3 is 9.31 Å². The minimum absolute atomic E-state index is 0.0140. The quantitative estimate of drug-likeness (QED) is 0.728. The molecule has 0 aromatic heterocycles. The summed E-state index contributed by atoms with van der Waals surface area (Å²) in [6, 6.07) is 10.6. The first-order valence-corrected chi connectivity index (χ1v) is 8.96. The Kier molecular flexibility index (Phi) is 3.24. The van der Waals surface area contributed by atoms with Crippen LogP contribution in [0.2, 0.25) is 13.1 Å². The molecule has 1 aliphatic heterocycles. The van der Waals surface area contributed by atoms with Crippen LogP contribution < -0.4 is 5.19 Å². The Hall–Kier alpha value is -0.578. The highest BCUT2D eigenvalue weighted by atomic mass is 28.3. The van der Waals surface area contributed by atoms with Crippen LogP contribution in [0.5, 0.6) is 0 Å². The van der Waals surface area contributed by atoms with Gasteiger partial charge in [-0.2, -0.15) is 0 Å². The molecule has 0 spiro atoms. The molecule has 1 heterocycles. The van der Waals surface area contributed by atoms with Crippen molar-refractivity contribution in [3.8, 4) is 0 Å². The third kappa shape index (κ3) is 2.10. The largest absolute Gasteiger partial charge is 0.438 e. The molecule has 1 aromatic rings. The van der Waals surface area contributed by atoms with E-state index in [2.05, 4.69) is 57.3 Å². The Morgan fingerprint density at radius 2 is 1.50 bits per heavy atom. The van der Waals surface area contributed by atoms with Gasteiger partial charge >= 0.3 is 6.71 Å². The van der Waals surface area contributed by atoms with Gasteiger partial charge in [-0.15, -0.1) is 0 Å². The molecule has 2 rings (SSSR count). The molecule has 0 bridgehead atoms. The van der Waals surface area contributed by atoms with E-state index in [0.29, 0.717) is 0 Å². The van der Waals surface area contributed by atoms with E-state index in [4.69, 9.17) is 9.31 Å². The smallest absolute Gasteiger partial charge is 0.409 e. The van der Waals surface area contributed by atoms with E-state index in [9.17, 15) is 0 Å². The van der Waals surface area contributed by atoms with E-state index < -0.39 is 7.94 Å². The Balaban J connectivity index is 2.20. The van der Waals surface area contributed by atoms with E-state index in [1.165, 1.54) is 5.19 Å². The molecule has 2 atom stereocenters. The Morgan fingerprint density at radius 3 is 2.00 bits per heavy atom. The maximum Gasteiger partial charge on any atom is 0.438 e. The van der Waals surface area contributed by atoms with Crippen LogP contribution in [0.3, 0.4) is 0 Å². The van der Waals surface area contributed by atoms with Crippen LogP contribution in [0.15, 0.2) is 30.3 Å². The van der Waals surface area contributed by atoms with E-state index in [1.54, 1.807) is 0 Å². The summed E-state index contributed by atoms with van der Waals surface area (Å²) in [5.74, 6) is 0. The van der Waals surface area contributed by atoms with Crippen LogP contribution in [-0.2, 0) is 9.31 Å². The van der Waals surface area contributed by atoms with Crippen molar-refractivity contribution in [1.29, 1.82) is 0 Å². The molecule has 0 saturated carbocycles. The van der Waals surface area contributed by atoms with Crippen molar-refractivity contribution in [2.75, 3.05) is 0 Å². The fraction of sp³-hybridized carbons (Fsp3) is 0.500. The highest BCUT2D eigenvalue weighted by Gasteiger charge is 2.48. The van der Waals surface area contributed by atoms with E-state index in [1.807, 2.05) is 0 Å². The average Bonchev–Trinajstić information content (AvgIpc) is 2.61. The van der Waals surface area contributed by atoms with Gasteiger partial charge in [-0.05, 0) is 13.8 Å². The normalized spacial score (nSPS) is 26.1. The number of rotatable bonds is 2. The van der Waals surface area contributed by atoms with E-state index >= 15 is 0 Å². The molecule has 0 amide bonds. The van der Waals surface area contributed by atoms with Gasteiger partial charge in [0.15, 0.2) is 0 Å². The average molecular weight is 234 g/mol. The first-order valence-electron chi connectivity index (χ1n) is 5.88. The fourth-order valence-corrected chi connectivity index (χ4v) is 4.42. The molecule has 2 nitrogen and oxygen atoms in total. The van der Waals surface area contributed by atoms with Crippen molar-refractivity contribution < 1.29 is 9.31 Å². The molecule has 1 saturated heterocycles. The van der Waals surface area contributed by atoms with Crippen molar-refractivity contribution in [1.82, 2.24) is 0 Å². The summed E-state index contributed by atoms with van der Waals surface area (Å²) >= 11 is 0. The summed E-state index contributed by atoms with van der Waals surface area (Å²) in [4.78, 5) is 0. The molecule has 16 heavy (non-hydrogen) atoms. The molecule has 0 N–H and O–H groups in total. The predicted octanol–water partition coefficient (Wildman–Crippen LogP) is 1.99. The van der Waals surface area contributed by atoms with Gasteiger partial charge in [0.25, 0.3) is 0 Å². The molecule has 86 valence electrons. The standard InChI is InChI=1S/C12H19BO2Si/c1-10-11(2)15-13(14-10)16(3,4)12-8-6-5-7-9-12/h5-11H,1-4H3. The van der Waals surface area contributed by atoms with Gasteiger partial charge in [-0.1, -0.05) is 48.6 Å². The minimum Gasteiger partial charge on any atom is -0.409 e. The summed E-state index contributed by atoms with van der Waals surface area (Å²) in [6.45, 7) is 8.76. The molecule has 0 radical (unpaired) electrons. The van der Waals surface area contributed by atoms with Gasteiger partial charge in [0, 0.05) is 0 Å². The molecule has 2 unspecified atom stereocenters. The third-order valence-electron chi connectivity index (χ3n) is 3.44. The topological polar surface area (TPSA) is 18.5 Å². The van der Waals surface area contributed by atoms with Gasteiger partial charge in [-0.25, -0.2) is 0 Å². The lowest BCUT2D eigenvalue weighted by Crippen LogP contribution is -2.57. The highest BCUT2D eigenvalue weighted by molar-refractivity contribution is 7.33. The summed E-state index contributed by atoms with van der Waals surface area (Å²) in [5.41, 5.74) is 0. The monoisotopic (exact) mass is 234 g/mol. The van der Waals surface area contributed by atoms with Crippen LogP contribution in [-0.4, -0.2) is 26.9 Å². The first-order chi connectivity index (χ1) is 7.51. The molecule has 4 heteroatoms. The first kappa shape index (κ1) is 11.9. The lowest BCUT2D eigenvalue weighted by molar-refractivity contribution is 0.187. The van der Waals surface area contributed by atoms with Crippen molar-refractivity contribution in [3.05, 3.63) is 30.3 Å². The number of hydrogen-bond acceptors (Lipinski definition) is 2. The van der Waals surface area contributed by atoms with Crippen LogP contribution >= 0.6 is 0 Å². The van der Waals surface area contributed by atoms with Gasteiger partial charge in [-0.3, -0.25) is 0 Å². The summed E-state index contributed by atoms with van der Waals surface area (Å²) < 4.78 is 11.9. The predicted molar refractivity (Wildman–Crippen MR) is 70.4 cm³/mol. The lowest BCUT2D eigenvalue weighted by atomic mass is 10.3. The van der Waals surface area contributed by atoms with Crippen molar-refractivity contribution in [2.24, 2.45) is 0 Å². The molecule has 1 aliphatic rings. The zero-order chi connectivity index (χ0) is 11.8. The molecule has 0 aliphatic carbocycles. The van der Waals surface area contributed by atoms with Crippen LogP contribution in [0.25, 0.3) is 0 Å². The zero-order valence-corrected chi connectivity index (χ0v) is 11.4. The third-order valence-corrected chi connectivity index (χ3v) is 6.72. The van der Waals surface area contributed by atoms with Crippen LogP contribution in [0.1, 0.15) is 13.8 Å². The van der Waals surface area contributed by atoms with Gasteiger partial charge in [0.2, 0.25) is 0 Å². The summed E-state index contributed by atoms with van der Waals surface area (Å²) in [7, 11) is -1.67. The van der Waals surface area contributed by atoms with Crippen LogP contribution in [0, 0.1) is 0 Å². The maximum absolute atomic E-state index is 5.93. The van der Waals surface area contributed by atoms with E-state index in [0.717, 1.165) is 0 Å². The van der Waals surface area contributed by atoms with Crippen molar-refractivity contribution >= 4 is 19.8 Å². The lowest BCUT2D eigenvalue weighted by Gasteiger charge is -2.24. The van der Waals surface area contributed by atoms with Gasteiger partial charge in [0.05, 0.1) is 12.2 Å². The SMILES string of the molecule is CC1OB([Si](C)(C)c2ccccc2)OC1C. The maximum atomic E-state index is 5.93. The molecule has 1 aromatic carbocycles. The molecule has 1 fully saturated rings. The van der Waals surface area contributed by atoms with Crippen molar-refractivity contribution in [2.45, 2.75) is 39.1 Å². The minimum atomic E-state index is -1.67.